The van der Waals surface area contributed by atoms with Gasteiger partial charge in [-0.2, -0.15) is 0 Å². The molecule has 2 aromatic carbocycles. The average Bonchev–Trinajstić information content (AvgIpc) is 3.09. The first-order valence-electron chi connectivity index (χ1n) is 7.29. The van der Waals surface area contributed by atoms with Gasteiger partial charge in [-0.15, -0.1) is 0 Å². The van der Waals surface area contributed by atoms with Crippen LogP contribution >= 0.6 is 0 Å². The Labute approximate surface area is 142 Å². The van der Waals surface area contributed by atoms with E-state index in [2.05, 4.69) is 5.16 Å². The molecule has 0 saturated heterocycles. The van der Waals surface area contributed by atoms with Crippen molar-refractivity contribution >= 4 is 21.2 Å². The van der Waals surface area contributed by atoms with Crippen LogP contribution < -0.4 is 0 Å². The van der Waals surface area contributed by atoms with Crippen LogP contribution in [0.3, 0.4) is 0 Å². The summed E-state index contributed by atoms with van der Waals surface area (Å²) in [5, 5.41) is 4.74. The van der Waals surface area contributed by atoms with Gasteiger partial charge in [-0.3, -0.25) is 4.79 Å². The number of ketones is 1. The minimum absolute atomic E-state index is 0.0259. The number of carbonyl (C=O) groups excluding carboxylic acids is 1. The predicted octanol–water partition coefficient (Wildman–Crippen LogP) is 3.49. The van der Waals surface area contributed by atoms with Gasteiger partial charge in [-0.05, 0) is 36.4 Å². The lowest BCUT2D eigenvalue weighted by Gasteiger charge is -2.13. The van der Waals surface area contributed by atoms with Crippen LogP contribution in [-0.2, 0) is 9.84 Å². The third-order valence-electron chi connectivity index (χ3n) is 3.87. The topological polar surface area (TPSA) is 77.2 Å². The first kappa shape index (κ1) is 15.5. The minimum Gasteiger partial charge on any atom is -0.355 e. The van der Waals surface area contributed by atoms with Crippen LogP contribution in [0.5, 0.6) is 0 Å². The van der Waals surface area contributed by atoms with Crippen molar-refractivity contribution < 1.29 is 22.1 Å². The number of aromatic nitrogens is 1. The van der Waals surface area contributed by atoms with Crippen molar-refractivity contribution in [3.05, 3.63) is 77.1 Å². The number of allylic oxidation sites excluding steroid dienone is 1. The fourth-order valence-electron chi connectivity index (χ4n) is 2.65. The Hall–Kier alpha value is -3.06. The van der Waals surface area contributed by atoms with E-state index in [1.165, 1.54) is 42.5 Å². The Morgan fingerprint density at radius 2 is 1.72 bits per heavy atom. The monoisotopic (exact) mass is 355 g/mol. The lowest BCUT2D eigenvalue weighted by atomic mass is 10.0. The maximum Gasteiger partial charge on any atom is 0.201 e. The molecule has 0 amide bonds. The third-order valence-corrected chi connectivity index (χ3v) is 5.39. The van der Waals surface area contributed by atoms with Gasteiger partial charge >= 0.3 is 0 Å². The third kappa shape index (κ3) is 2.58. The van der Waals surface area contributed by atoms with E-state index in [1.807, 2.05) is 0 Å². The number of sulfone groups is 1. The Morgan fingerprint density at radius 3 is 2.48 bits per heavy atom. The van der Waals surface area contributed by atoms with Crippen molar-refractivity contribution in [2.24, 2.45) is 0 Å². The van der Waals surface area contributed by atoms with Crippen LogP contribution in [0, 0.1) is 5.82 Å². The molecule has 0 bridgehead atoms. The van der Waals surface area contributed by atoms with E-state index in [0.717, 1.165) is 5.41 Å². The highest BCUT2D eigenvalue weighted by molar-refractivity contribution is 7.94. The smallest absolute Gasteiger partial charge is 0.201 e. The number of Topliss-reactive ketones (excluding diaryl/α,β-unsaturated/α-hetero) is 1. The zero-order chi connectivity index (χ0) is 17.6. The molecule has 3 aromatic rings. The second-order valence-corrected chi connectivity index (χ2v) is 7.25. The lowest BCUT2D eigenvalue weighted by Crippen LogP contribution is -2.15. The normalized spacial score (nSPS) is 15.6. The molecule has 25 heavy (non-hydrogen) atoms. The van der Waals surface area contributed by atoms with Gasteiger partial charge < -0.3 is 4.52 Å². The fraction of sp³-hybridized carbons (Fsp3) is 0. The Morgan fingerprint density at radius 1 is 1.00 bits per heavy atom. The van der Waals surface area contributed by atoms with Crippen LogP contribution in [0.15, 0.2) is 69.4 Å². The van der Waals surface area contributed by atoms with E-state index in [9.17, 15) is 17.6 Å². The first-order chi connectivity index (χ1) is 12.0. The summed E-state index contributed by atoms with van der Waals surface area (Å²) in [6.07, 6.45) is 0. The molecule has 0 saturated carbocycles. The van der Waals surface area contributed by atoms with Gasteiger partial charge in [-0.1, -0.05) is 17.3 Å². The summed E-state index contributed by atoms with van der Waals surface area (Å²) in [5.41, 5.74) is 0.975. The molecule has 5 nitrogen and oxygen atoms in total. The molecule has 0 aliphatic carbocycles. The summed E-state index contributed by atoms with van der Waals surface area (Å²) < 4.78 is 43.0. The van der Waals surface area contributed by atoms with Gasteiger partial charge in [-0.25, -0.2) is 12.8 Å². The second-order valence-electron chi connectivity index (χ2n) is 5.49. The SMILES string of the molecule is O=C1C(c2cc(-c3ccc(F)cc3)no2)=CS(=O)(=O)c2ccccc21. The molecule has 0 unspecified atom stereocenters. The molecule has 0 N–H and O–H groups in total. The van der Waals surface area contributed by atoms with Gasteiger partial charge in [0.15, 0.2) is 11.5 Å². The highest BCUT2D eigenvalue weighted by Gasteiger charge is 2.32. The molecule has 0 spiro atoms. The molecule has 0 radical (unpaired) electrons. The standard InChI is InChI=1S/C18H10FNO4S/c19-12-7-5-11(6-8-12)15-9-16(24-20-15)14-10-25(22,23)17-4-2-1-3-13(17)18(14)21/h1-10H. The Bertz CT molecular complexity index is 1130. The largest absolute Gasteiger partial charge is 0.355 e. The molecule has 0 fully saturated rings. The second kappa shape index (κ2) is 5.49. The van der Waals surface area contributed by atoms with Gasteiger partial charge in [0.2, 0.25) is 9.84 Å². The summed E-state index contributed by atoms with van der Waals surface area (Å²) >= 11 is 0. The van der Waals surface area contributed by atoms with Crippen LogP contribution in [0.1, 0.15) is 16.1 Å². The summed E-state index contributed by atoms with van der Waals surface area (Å²) in [7, 11) is -3.75. The highest BCUT2D eigenvalue weighted by Crippen LogP contribution is 2.33. The minimum atomic E-state index is -3.75. The molecule has 1 aliphatic heterocycles. The predicted molar refractivity (Wildman–Crippen MR) is 87.8 cm³/mol. The average molecular weight is 355 g/mol. The van der Waals surface area contributed by atoms with Crippen LogP contribution in [-0.4, -0.2) is 19.4 Å². The number of fused-ring (bicyclic) bond motifs is 1. The molecule has 124 valence electrons. The number of benzene rings is 2. The van der Waals surface area contributed by atoms with Crippen molar-refractivity contribution in [2.75, 3.05) is 0 Å². The number of nitrogens with zero attached hydrogens (tertiary/aromatic N) is 1. The maximum absolute atomic E-state index is 13.0. The van der Waals surface area contributed by atoms with Crippen molar-refractivity contribution in [3.8, 4) is 11.3 Å². The lowest BCUT2D eigenvalue weighted by molar-refractivity contribution is 0.105. The van der Waals surface area contributed by atoms with Crippen LogP contribution in [0.2, 0.25) is 0 Å². The van der Waals surface area contributed by atoms with Gasteiger partial charge in [0.25, 0.3) is 0 Å². The zero-order valence-electron chi connectivity index (χ0n) is 12.6. The van der Waals surface area contributed by atoms with E-state index in [0.29, 0.717) is 11.3 Å². The quantitative estimate of drug-likeness (QED) is 0.703. The molecule has 1 aliphatic rings. The van der Waals surface area contributed by atoms with E-state index in [1.54, 1.807) is 12.1 Å². The highest BCUT2D eigenvalue weighted by atomic mass is 32.2. The summed E-state index contributed by atoms with van der Waals surface area (Å²) in [6, 6.07) is 13.0. The van der Waals surface area contributed by atoms with E-state index >= 15 is 0 Å². The van der Waals surface area contributed by atoms with E-state index in [4.69, 9.17) is 4.52 Å². The van der Waals surface area contributed by atoms with Gasteiger partial charge in [0, 0.05) is 17.2 Å². The van der Waals surface area contributed by atoms with Crippen molar-refractivity contribution in [3.63, 3.8) is 0 Å². The molecule has 7 heteroatoms. The number of carbonyl (C=O) groups is 1. The number of hydrogen-bond acceptors (Lipinski definition) is 5. The van der Waals surface area contributed by atoms with Crippen molar-refractivity contribution in [1.29, 1.82) is 0 Å². The molecule has 1 aromatic heterocycles. The van der Waals surface area contributed by atoms with Crippen LogP contribution in [0.4, 0.5) is 4.39 Å². The maximum atomic E-state index is 13.0. The number of halogens is 1. The molecular formula is C18H10FNO4S. The molecular weight excluding hydrogens is 345 g/mol. The van der Waals surface area contributed by atoms with E-state index in [-0.39, 0.29) is 27.6 Å². The van der Waals surface area contributed by atoms with Gasteiger partial charge in [0.05, 0.1) is 15.9 Å². The van der Waals surface area contributed by atoms with Crippen LogP contribution in [0.25, 0.3) is 16.8 Å². The zero-order valence-corrected chi connectivity index (χ0v) is 13.5. The number of hydrogen-bond donors (Lipinski definition) is 0. The first-order valence-corrected chi connectivity index (χ1v) is 8.84. The van der Waals surface area contributed by atoms with Crippen molar-refractivity contribution in [2.45, 2.75) is 4.90 Å². The Kier molecular flexibility index (Phi) is 3.40. The summed E-state index contributed by atoms with van der Waals surface area (Å²) in [4.78, 5) is 12.6. The van der Waals surface area contributed by atoms with Crippen molar-refractivity contribution in [1.82, 2.24) is 5.16 Å². The Balaban J connectivity index is 1.80. The number of rotatable bonds is 2. The molecule has 0 atom stereocenters. The van der Waals surface area contributed by atoms with Gasteiger partial charge in [0.1, 0.15) is 11.5 Å². The molecule has 2 heterocycles. The fourth-order valence-corrected chi connectivity index (χ4v) is 4.04. The molecule has 4 rings (SSSR count). The summed E-state index contributed by atoms with van der Waals surface area (Å²) in [5.74, 6) is -0.796. The van der Waals surface area contributed by atoms with E-state index < -0.39 is 15.6 Å². The summed E-state index contributed by atoms with van der Waals surface area (Å²) in [6.45, 7) is 0.